The lowest BCUT2D eigenvalue weighted by molar-refractivity contribution is 0.885. The maximum atomic E-state index is 6.03. The summed E-state index contributed by atoms with van der Waals surface area (Å²) in [5.74, 6) is 0. The van der Waals surface area contributed by atoms with Crippen LogP contribution in [-0.2, 0) is 0 Å². The highest BCUT2D eigenvalue weighted by molar-refractivity contribution is 6.31. The van der Waals surface area contributed by atoms with Crippen LogP contribution in [0.2, 0.25) is 5.02 Å². The number of rotatable bonds is 3. The van der Waals surface area contributed by atoms with Crippen LogP contribution in [0.3, 0.4) is 0 Å². The average molecular weight is 261 g/mol. The molecule has 1 unspecified atom stereocenters. The third-order valence-electron chi connectivity index (χ3n) is 3.00. The summed E-state index contributed by atoms with van der Waals surface area (Å²) in [6, 6.07) is 14.2. The van der Waals surface area contributed by atoms with E-state index >= 15 is 0 Å². The topological polar surface area (TPSA) is 38.0 Å². The van der Waals surface area contributed by atoms with Crippen molar-refractivity contribution in [3.63, 3.8) is 0 Å². The van der Waals surface area contributed by atoms with Crippen molar-refractivity contribution in [2.24, 2.45) is 0 Å². The predicted octanol–water partition coefficient (Wildman–Crippen LogP) is 4.40. The molecule has 2 aromatic rings. The maximum absolute atomic E-state index is 6.03. The molecule has 1 atom stereocenters. The molecule has 0 spiro atoms. The smallest absolute Gasteiger partial charge is 0.0582 e. The first-order valence-corrected chi connectivity index (χ1v) is 6.33. The van der Waals surface area contributed by atoms with E-state index in [1.807, 2.05) is 31.2 Å². The second kappa shape index (κ2) is 5.32. The first kappa shape index (κ1) is 12.8. The van der Waals surface area contributed by atoms with Crippen molar-refractivity contribution in [1.29, 1.82) is 0 Å². The lowest BCUT2D eigenvalue weighted by Gasteiger charge is -2.18. The summed E-state index contributed by atoms with van der Waals surface area (Å²) in [7, 11) is 0. The van der Waals surface area contributed by atoms with Crippen LogP contribution in [0.1, 0.15) is 24.1 Å². The number of nitrogen functional groups attached to an aromatic ring is 1. The molecule has 0 heterocycles. The van der Waals surface area contributed by atoms with Crippen molar-refractivity contribution < 1.29 is 0 Å². The van der Waals surface area contributed by atoms with Crippen LogP contribution in [0, 0.1) is 6.92 Å². The van der Waals surface area contributed by atoms with Crippen molar-refractivity contribution >= 4 is 23.0 Å². The van der Waals surface area contributed by atoms with Crippen molar-refractivity contribution in [1.82, 2.24) is 0 Å². The molecule has 2 nitrogen and oxygen atoms in total. The van der Waals surface area contributed by atoms with Crippen molar-refractivity contribution in [2.75, 3.05) is 11.1 Å². The summed E-state index contributed by atoms with van der Waals surface area (Å²) >= 11 is 6.03. The lowest BCUT2D eigenvalue weighted by Crippen LogP contribution is -2.08. The van der Waals surface area contributed by atoms with E-state index in [9.17, 15) is 0 Å². The van der Waals surface area contributed by atoms with Gasteiger partial charge in [0.2, 0.25) is 0 Å². The Morgan fingerprint density at radius 1 is 1.17 bits per heavy atom. The summed E-state index contributed by atoms with van der Waals surface area (Å²) in [5, 5.41) is 4.11. The number of benzene rings is 2. The minimum Gasteiger partial charge on any atom is -0.397 e. The van der Waals surface area contributed by atoms with Gasteiger partial charge in [0.25, 0.3) is 0 Å². The summed E-state index contributed by atoms with van der Waals surface area (Å²) in [4.78, 5) is 0. The van der Waals surface area contributed by atoms with Gasteiger partial charge in [-0.05, 0) is 37.1 Å². The average Bonchev–Trinajstić information content (AvgIpc) is 2.37. The number of hydrogen-bond acceptors (Lipinski definition) is 2. The van der Waals surface area contributed by atoms with Gasteiger partial charge in [-0.1, -0.05) is 41.9 Å². The number of nitrogens with two attached hydrogens (primary N) is 1. The summed E-state index contributed by atoms with van der Waals surface area (Å²) < 4.78 is 0. The summed E-state index contributed by atoms with van der Waals surface area (Å²) in [6.45, 7) is 4.08. The molecule has 3 N–H and O–H groups in total. The Labute approximate surface area is 113 Å². The first-order valence-electron chi connectivity index (χ1n) is 5.95. The number of aryl methyl sites for hydroxylation is 1. The maximum Gasteiger partial charge on any atom is 0.0582 e. The minimum atomic E-state index is 0.203. The molecule has 0 aliphatic heterocycles. The van der Waals surface area contributed by atoms with Crippen LogP contribution in [0.25, 0.3) is 0 Å². The monoisotopic (exact) mass is 260 g/mol. The molecule has 0 saturated heterocycles. The SMILES string of the molecule is Cc1cc(NC(C)c2ccccc2)c(N)cc1Cl. The van der Waals surface area contributed by atoms with E-state index < -0.39 is 0 Å². The second-order valence-electron chi connectivity index (χ2n) is 4.47. The zero-order valence-electron chi connectivity index (χ0n) is 10.6. The number of anilines is 2. The minimum absolute atomic E-state index is 0.203. The Kier molecular flexibility index (Phi) is 3.78. The molecular weight excluding hydrogens is 244 g/mol. The van der Waals surface area contributed by atoms with Crippen LogP contribution in [0.4, 0.5) is 11.4 Å². The van der Waals surface area contributed by atoms with Crippen LogP contribution >= 0.6 is 11.6 Å². The number of nitrogens with one attached hydrogen (secondary N) is 1. The van der Waals surface area contributed by atoms with Gasteiger partial charge in [-0.25, -0.2) is 0 Å². The van der Waals surface area contributed by atoms with E-state index in [-0.39, 0.29) is 6.04 Å². The molecule has 18 heavy (non-hydrogen) atoms. The van der Waals surface area contributed by atoms with E-state index in [1.165, 1.54) is 5.56 Å². The Hall–Kier alpha value is -1.67. The van der Waals surface area contributed by atoms with Crippen LogP contribution in [0.5, 0.6) is 0 Å². The van der Waals surface area contributed by atoms with Gasteiger partial charge < -0.3 is 11.1 Å². The van der Waals surface area contributed by atoms with E-state index in [1.54, 1.807) is 6.07 Å². The zero-order chi connectivity index (χ0) is 13.1. The Morgan fingerprint density at radius 3 is 2.50 bits per heavy atom. The van der Waals surface area contributed by atoms with Gasteiger partial charge in [0.1, 0.15) is 0 Å². The van der Waals surface area contributed by atoms with E-state index in [4.69, 9.17) is 17.3 Å². The molecular formula is C15H17ClN2. The van der Waals surface area contributed by atoms with Gasteiger partial charge in [-0.2, -0.15) is 0 Å². The molecule has 0 bridgehead atoms. The number of hydrogen-bond donors (Lipinski definition) is 2. The molecule has 0 aliphatic carbocycles. The molecule has 0 amide bonds. The fraction of sp³-hybridized carbons (Fsp3) is 0.200. The second-order valence-corrected chi connectivity index (χ2v) is 4.87. The normalized spacial score (nSPS) is 12.2. The van der Waals surface area contributed by atoms with Gasteiger partial charge >= 0.3 is 0 Å². The standard InChI is InChI=1S/C15H17ClN2/c1-10-8-15(14(17)9-13(10)16)18-11(2)12-6-4-3-5-7-12/h3-9,11,18H,17H2,1-2H3. The predicted molar refractivity (Wildman–Crippen MR) is 79.1 cm³/mol. The van der Waals surface area contributed by atoms with E-state index in [0.29, 0.717) is 10.7 Å². The van der Waals surface area contributed by atoms with Crippen LogP contribution in [0.15, 0.2) is 42.5 Å². The summed E-state index contributed by atoms with van der Waals surface area (Å²) in [5.41, 5.74) is 9.82. The molecule has 2 rings (SSSR count). The fourth-order valence-electron chi connectivity index (χ4n) is 1.88. The van der Waals surface area contributed by atoms with E-state index in [0.717, 1.165) is 11.3 Å². The van der Waals surface area contributed by atoms with Gasteiger partial charge in [-0.15, -0.1) is 0 Å². The fourth-order valence-corrected chi connectivity index (χ4v) is 2.05. The third-order valence-corrected chi connectivity index (χ3v) is 3.41. The van der Waals surface area contributed by atoms with Gasteiger partial charge in [0.15, 0.2) is 0 Å². The van der Waals surface area contributed by atoms with Crippen LogP contribution < -0.4 is 11.1 Å². The molecule has 0 fully saturated rings. The van der Waals surface area contributed by atoms with Gasteiger partial charge in [-0.3, -0.25) is 0 Å². The lowest BCUT2D eigenvalue weighted by atomic mass is 10.1. The molecule has 0 aliphatic rings. The Balaban J connectivity index is 2.22. The third kappa shape index (κ3) is 2.77. The molecule has 0 aromatic heterocycles. The Morgan fingerprint density at radius 2 is 1.83 bits per heavy atom. The first-order chi connectivity index (χ1) is 8.58. The highest BCUT2D eigenvalue weighted by Gasteiger charge is 2.08. The summed E-state index contributed by atoms with van der Waals surface area (Å²) in [6.07, 6.45) is 0. The number of halogens is 1. The zero-order valence-corrected chi connectivity index (χ0v) is 11.3. The molecule has 2 aromatic carbocycles. The van der Waals surface area contributed by atoms with E-state index in [2.05, 4.69) is 24.4 Å². The largest absolute Gasteiger partial charge is 0.397 e. The molecule has 94 valence electrons. The molecule has 3 heteroatoms. The van der Waals surface area contributed by atoms with Crippen molar-refractivity contribution in [3.8, 4) is 0 Å². The van der Waals surface area contributed by atoms with Crippen LogP contribution in [-0.4, -0.2) is 0 Å². The quantitative estimate of drug-likeness (QED) is 0.803. The molecule has 0 saturated carbocycles. The highest BCUT2D eigenvalue weighted by atomic mass is 35.5. The van der Waals surface area contributed by atoms with Crippen molar-refractivity contribution in [3.05, 3.63) is 58.6 Å². The highest BCUT2D eigenvalue weighted by Crippen LogP contribution is 2.29. The van der Waals surface area contributed by atoms with Gasteiger partial charge in [0.05, 0.1) is 11.4 Å². The molecule has 0 radical (unpaired) electrons. The van der Waals surface area contributed by atoms with Gasteiger partial charge in [0, 0.05) is 11.1 Å². The van der Waals surface area contributed by atoms with Crippen molar-refractivity contribution in [2.45, 2.75) is 19.9 Å². The Bertz CT molecular complexity index is 538.